The van der Waals surface area contributed by atoms with Gasteiger partial charge in [0.25, 0.3) is 0 Å². The molecule has 5 rings (SSSR count). The molecule has 2 N–H and O–H groups in total. The van der Waals surface area contributed by atoms with E-state index in [-0.39, 0.29) is 23.6 Å². The second-order valence-corrected chi connectivity index (χ2v) is 10.8. The Balaban J connectivity index is 1.45. The first-order valence-electron chi connectivity index (χ1n) is 13.8. The van der Waals surface area contributed by atoms with Crippen molar-refractivity contribution in [1.82, 2.24) is 5.43 Å². The highest BCUT2D eigenvalue weighted by atomic mass is 79.9. The molecule has 1 amide bonds. The topological polar surface area (TPSA) is 91.3 Å². The summed E-state index contributed by atoms with van der Waals surface area (Å²) in [6.45, 7) is 1.90. The fourth-order valence-electron chi connectivity index (χ4n) is 5.01. The Hall–Kier alpha value is -4.50. The number of para-hydroxylation sites is 3. The number of piperidine rings is 1. The number of methoxy groups -OCH3 is 1. The Morgan fingerprint density at radius 3 is 2.26 bits per heavy atom. The molecule has 42 heavy (non-hydrogen) atoms. The minimum absolute atomic E-state index is 0.00553. The monoisotopic (exact) mass is 629 g/mol. The molecule has 0 bridgehead atoms. The van der Waals surface area contributed by atoms with E-state index >= 15 is 0 Å². The predicted molar refractivity (Wildman–Crippen MR) is 167 cm³/mol. The molecule has 1 fully saturated rings. The maximum Gasteiger partial charge on any atom is 0.339 e. The average Bonchev–Trinajstić information content (AvgIpc) is 3.02. The number of hydrogen-bond acceptors (Lipinski definition) is 6. The molecule has 1 saturated heterocycles. The third kappa shape index (κ3) is 6.86. The lowest BCUT2D eigenvalue weighted by molar-refractivity contribution is -0.120. The van der Waals surface area contributed by atoms with Crippen molar-refractivity contribution in [3.8, 4) is 17.2 Å². The number of halogens is 1. The summed E-state index contributed by atoms with van der Waals surface area (Å²) in [6, 6.07) is 28.2. The Morgan fingerprint density at radius 1 is 0.905 bits per heavy atom. The van der Waals surface area contributed by atoms with Gasteiger partial charge in [-0.2, -0.15) is 0 Å². The zero-order valence-electron chi connectivity index (χ0n) is 23.3. The molecular formula is C33H32BrN3O5. The van der Waals surface area contributed by atoms with E-state index in [1.54, 1.807) is 11.1 Å². The maximum absolute atomic E-state index is 13.6. The number of carboxylic acid groups (broad SMARTS) is 1. The molecule has 9 heteroatoms. The number of carboxylic acids is 1. The molecule has 4 aromatic carbocycles. The quantitative estimate of drug-likeness (QED) is 0.177. The Morgan fingerprint density at radius 2 is 1.57 bits per heavy atom. The Kier molecular flexibility index (Phi) is 9.28. The van der Waals surface area contributed by atoms with Crippen molar-refractivity contribution in [2.45, 2.75) is 25.7 Å². The average molecular weight is 631 g/mol. The van der Waals surface area contributed by atoms with Crippen LogP contribution < -0.4 is 24.8 Å². The van der Waals surface area contributed by atoms with Crippen LogP contribution in [0.3, 0.4) is 0 Å². The van der Waals surface area contributed by atoms with E-state index in [1.807, 2.05) is 72.8 Å². The summed E-state index contributed by atoms with van der Waals surface area (Å²) in [6.07, 6.45) is 3.44. The number of hydrogen-bond donors (Lipinski definition) is 2. The van der Waals surface area contributed by atoms with E-state index in [4.69, 9.17) is 9.47 Å². The number of nitrogens with one attached hydrogen (secondary N) is 1. The van der Waals surface area contributed by atoms with Crippen LogP contribution in [0.5, 0.6) is 17.2 Å². The number of aromatic carboxylic acids is 1. The number of carbonyl (C=O) groups is 2. The second kappa shape index (κ2) is 13.4. The van der Waals surface area contributed by atoms with Gasteiger partial charge in [0.05, 0.1) is 30.6 Å². The van der Waals surface area contributed by atoms with Gasteiger partial charge < -0.3 is 19.5 Å². The highest BCUT2D eigenvalue weighted by molar-refractivity contribution is 9.10. The van der Waals surface area contributed by atoms with Crippen LogP contribution in [-0.2, 0) is 11.2 Å². The Labute approximate surface area is 253 Å². The molecule has 8 nitrogen and oxygen atoms in total. The van der Waals surface area contributed by atoms with Crippen LogP contribution in [0.15, 0.2) is 95.5 Å². The molecule has 0 aromatic heterocycles. The van der Waals surface area contributed by atoms with Crippen LogP contribution in [0.1, 0.15) is 35.2 Å². The van der Waals surface area contributed by atoms with Crippen LogP contribution in [0.25, 0.3) is 0 Å². The zero-order chi connectivity index (χ0) is 29.5. The van der Waals surface area contributed by atoms with Crippen LogP contribution >= 0.6 is 15.9 Å². The van der Waals surface area contributed by atoms with Gasteiger partial charge in [-0.25, -0.2) is 4.79 Å². The minimum atomic E-state index is -1.11. The molecule has 0 aliphatic carbocycles. The zero-order valence-corrected chi connectivity index (χ0v) is 24.8. The molecule has 0 spiro atoms. The second-order valence-electron chi connectivity index (χ2n) is 9.94. The third-order valence-corrected chi connectivity index (χ3v) is 7.82. The van der Waals surface area contributed by atoms with Crippen molar-refractivity contribution in [3.63, 3.8) is 0 Å². The summed E-state index contributed by atoms with van der Waals surface area (Å²) in [4.78, 5) is 27.5. The number of carbonyl (C=O) groups excluding carboxylic acids is 1. The van der Waals surface area contributed by atoms with Crippen molar-refractivity contribution >= 4 is 44.9 Å². The summed E-state index contributed by atoms with van der Waals surface area (Å²) in [7, 11) is 1.41. The van der Waals surface area contributed by atoms with E-state index in [2.05, 4.69) is 32.3 Å². The van der Waals surface area contributed by atoms with Gasteiger partial charge in [0.2, 0.25) is 5.91 Å². The smallest absolute Gasteiger partial charge is 0.339 e. The van der Waals surface area contributed by atoms with Crippen LogP contribution in [-0.4, -0.2) is 37.2 Å². The number of ether oxygens (including phenoxy) is 2. The van der Waals surface area contributed by atoms with Crippen LogP contribution in [0.2, 0.25) is 0 Å². The predicted octanol–water partition coefficient (Wildman–Crippen LogP) is 7.35. The van der Waals surface area contributed by atoms with Crippen LogP contribution in [0, 0.1) is 0 Å². The standard InChI is InChI=1S/C33H32BrN3O5/c1-41-31-20-23(28(34)22-27(31)33(39)40)21-32(38)35-37(30-13-7-6-12-29(30)36-18-8-3-9-19-36)24-14-16-26(17-15-24)42-25-10-4-2-5-11-25/h2,4-7,10-17,20,22H,3,8-9,18-19,21H2,1H3,(H,35,38)(H,39,40). The fraction of sp³-hybridized carbons (Fsp3) is 0.212. The van der Waals surface area contributed by atoms with Crippen molar-refractivity contribution in [3.05, 3.63) is 107 Å². The van der Waals surface area contributed by atoms with Crippen LogP contribution in [0.4, 0.5) is 17.1 Å². The van der Waals surface area contributed by atoms with E-state index < -0.39 is 5.97 Å². The highest BCUT2D eigenvalue weighted by Crippen LogP contribution is 2.36. The van der Waals surface area contributed by atoms with E-state index in [0.717, 1.165) is 48.7 Å². The van der Waals surface area contributed by atoms with Crippen molar-refractivity contribution in [1.29, 1.82) is 0 Å². The summed E-state index contributed by atoms with van der Waals surface area (Å²) < 4.78 is 11.8. The number of nitrogens with zero attached hydrogens (tertiary/aromatic N) is 2. The molecule has 1 aliphatic heterocycles. The molecule has 1 aliphatic rings. The van der Waals surface area contributed by atoms with Crippen molar-refractivity contribution in [2.24, 2.45) is 0 Å². The molecule has 0 saturated carbocycles. The minimum Gasteiger partial charge on any atom is -0.496 e. The fourth-order valence-corrected chi connectivity index (χ4v) is 5.49. The van der Waals surface area contributed by atoms with E-state index in [0.29, 0.717) is 15.8 Å². The van der Waals surface area contributed by atoms with Gasteiger partial charge in [-0.05, 0) is 85.5 Å². The van der Waals surface area contributed by atoms with Gasteiger partial charge >= 0.3 is 5.97 Å². The summed E-state index contributed by atoms with van der Waals surface area (Å²) >= 11 is 3.43. The molecule has 4 aromatic rings. The normalized spacial score (nSPS) is 12.9. The number of benzene rings is 4. The van der Waals surface area contributed by atoms with Gasteiger partial charge in [-0.3, -0.25) is 15.2 Å². The summed E-state index contributed by atoms with van der Waals surface area (Å²) in [5, 5.41) is 11.3. The summed E-state index contributed by atoms with van der Waals surface area (Å²) in [5.41, 5.74) is 6.36. The van der Waals surface area contributed by atoms with Gasteiger partial charge in [-0.1, -0.05) is 46.3 Å². The van der Waals surface area contributed by atoms with E-state index in [9.17, 15) is 14.7 Å². The maximum atomic E-state index is 13.6. The van der Waals surface area contributed by atoms with Crippen molar-refractivity contribution in [2.75, 3.05) is 30.1 Å². The summed E-state index contributed by atoms with van der Waals surface area (Å²) in [5.74, 6) is 0.216. The first-order valence-corrected chi connectivity index (χ1v) is 14.6. The lowest BCUT2D eigenvalue weighted by Gasteiger charge is -2.34. The van der Waals surface area contributed by atoms with Gasteiger partial charge in [0, 0.05) is 17.6 Å². The molecule has 0 atom stereocenters. The molecule has 0 radical (unpaired) electrons. The first kappa shape index (κ1) is 29.0. The SMILES string of the molecule is COc1cc(CC(=O)NN(c2ccc(Oc3ccccc3)cc2)c2ccccc2N2CCCCC2)c(Br)cc1C(=O)O. The number of anilines is 3. The number of rotatable bonds is 10. The molecule has 1 heterocycles. The lowest BCUT2D eigenvalue weighted by atomic mass is 10.1. The largest absolute Gasteiger partial charge is 0.496 e. The van der Waals surface area contributed by atoms with Crippen molar-refractivity contribution < 1.29 is 24.2 Å². The Bertz CT molecular complexity index is 1540. The third-order valence-electron chi connectivity index (χ3n) is 7.08. The number of amides is 1. The molecule has 216 valence electrons. The van der Waals surface area contributed by atoms with Gasteiger partial charge in [0.15, 0.2) is 0 Å². The van der Waals surface area contributed by atoms with E-state index in [1.165, 1.54) is 19.6 Å². The number of hydrazine groups is 1. The lowest BCUT2D eigenvalue weighted by Crippen LogP contribution is -2.41. The molecular weight excluding hydrogens is 598 g/mol. The molecule has 0 unspecified atom stereocenters. The highest BCUT2D eigenvalue weighted by Gasteiger charge is 2.22. The first-order chi connectivity index (χ1) is 20.4. The van der Waals surface area contributed by atoms with Gasteiger partial charge in [0.1, 0.15) is 22.8 Å². The van der Waals surface area contributed by atoms with Gasteiger partial charge in [-0.15, -0.1) is 0 Å².